The number of nitro groups is 1. The molecule has 0 N–H and O–H groups in total. The number of non-ortho nitro benzene ring substituents is 1. The largest absolute Gasteiger partial charge is 0.309 e. The van der Waals surface area contributed by atoms with E-state index in [0.29, 0.717) is 6.54 Å². The van der Waals surface area contributed by atoms with Crippen molar-refractivity contribution in [3.05, 3.63) is 75.8 Å². The molecule has 124 valence electrons. The highest BCUT2D eigenvalue weighted by molar-refractivity contribution is 6.03. The molecule has 0 aliphatic carbocycles. The number of aryl methyl sites for hydroxylation is 1. The van der Waals surface area contributed by atoms with Gasteiger partial charge in [-0.05, 0) is 54.8 Å². The first-order chi connectivity index (χ1) is 11.5. The van der Waals surface area contributed by atoms with Crippen LogP contribution in [0.25, 0.3) is 6.08 Å². The summed E-state index contributed by atoms with van der Waals surface area (Å²) in [5, 5.41) is 10.7. The van der Waals surface area contributed by atoms with E-state index in [1.807, 2.05) is 38.1 Å². The number of nitro benzene ring substituents is 1. The Morgan fingerprint density at radius 3 is 2.50 bits per heavy atom. The molecule has 0 bridgehead atoms. The van der Waals surface area contributed by atoms with Gasteiger partial charge in [-0.15, -0.1) is 0 Å². The lowest BCUT2D eigenvalue weighted by Gasteiger charge is -2.21. The van der Waals surface area contributed by atoms with Gasteiger partial charge in [-0.3, -0.25) is 14.9 Å². The van der Waals surface area contributed by atoms with E-state index in [0.717, 1.165) is 23.2 Å². The molecular weight excluding hydrogens is 304 g/mol. The highest BCUT2D eigenvalue weighted by Crippen LogP contribution is 2.18. The molecular formula is C19H20N2O3. The highest BCUT2D eigenvalue weighted by Gasteiger charge is 2.12. The van der Waals surface area contributed by atoms with Crippen molar-refractivity contribution in [3.63, 3.8) is 0 Å². The number of amides is 1. The number of carbonyl (C=O) groups excluding carboxylic acids is 1. The molecule has 2 aromatic carbocycles. The predicted octanol–water partition coefficient (Wildman–Crippen LogP) is 4.36. The molecule has 0 aliphatic heterocycles. The van der Waals surface area contributed by atoms with E-state index < -0.39 is 4.92 Å². The fourth-order valence-electron chi connectivity index (χ4n) is 2.35. The molecule has 0 aromatic heterocycles. The van der Waals surface area contributed by atoms with Gasteiger partial charge in [0, 0.05) is 30.4 Å². The van der Waals surface area contributed by atoms with Crippen LogP contribution in [-0.4, -0.2) is 17.4 Å². The Bertz CT molecular complexity index is 751. The van der Waals surface area contributed by atoms with Gasteiger partial charge in [0.25, 0.3) is 11.6 Å². The smallest absolute Gasteiger partial charge is 0.269 e. The fraction of sp³-hybridized carbons (Fsp3) is 0.211. The average Bonchev–Trinajstić information content (AvgIpc) is 2.58. The Morgan fingerprint density at radius 1 is 1.21 bits per heavy atom. The van der Waals surface area contributed by atoms with Crippen LogP contribution in [0, 0.1) is 17.0 Å². The third-order valence-electron chi connectivity index (χ3n) is 3.55. The number of nitrogens with zero attached hydrogens (tertiary/aromatic N) is 2. The summed E-state index contributed by atoms with van der Waals surface area (Å²) in [6.07, 6.45) is 4.02. The van der Waals surface area contributed by atoms with E-state index in [1.54, 1.807) is 23.1 Å². The first-order valence-electron chi connectivity index (χ1n) is 7.82. The summed E-state index contributed by atoms with van der Waals surface area (Å²) in [6.45, 7) is 4.65. The first kappa shape index (κ1) is 17.4. The standard InChI is InChI=1S/C19H20N2O3/c1-3-13-20(18-6-4-5-15(2)14-18)19(22)12-9-16-7-10-17(11-8-16)21(23)24/h4-12,14H,3,13H2,1-2H3/b12-9+. The Hall–Kier alpha value is -2.95. The van der Waals surface area contributed by atoms with E-state index >= 15 is 0 Å². The Balaban J connectivity index is 2.16. The summed E-state index contributed by atoms with van der Waals surface area (Å²) in [5.41, 5.74) is 2.75. The molecule has 0 fully saturated rings. The van der Waals surface area contributed by atoms with Gasteiger partial charge in [0.2, 0.25) is 0 Å². The molecule has 5 heteroatoms. The van der Waals surface area contributed by atoms with Crippen LogP contribution in [0.15, 0.2) is 54.6 Å². The minimum atomic E-state index is -0.445. The number of benzene rings is 2. The molecule has 0 radical (unpaired) electrons. The molecule has 2 rings (SSSR count). The Labute approximate surface area is 141 Å². The van der Waals surface area contributed by atoms with Crippen LogP contribution in [-0.2, 0) is 4.79 Å². The van der Waals surface area contributed by atoms with E-state index in [-0.39, 0.29) is 11.6 Å². The second-order valence-electron chi connectivity index (χ2n) is 5.51. The minimum Gasteiger partial charge on any atom is -0.309 e. The van der Waals surface area contributed by atoms with Crippen molar-refractivity contribution in [3.8, 4) is 0 Å². The number of carbonyl (C=O) groups is 1. The van der Waals surface area contributed by atoms with Crippen LogP contribution in [0.3, 0.4) is 0 Å². The van der Waals surface area contributed by atoms with Gasteiger partial charge in [0.05, 0.1) is 4.92 Å². The van der Waals surface area contributed by atoms with Crippen molar-refractivity contribution in [2.75, 3.05) is 11.4 Å². The number of hydrogen-bond acceptors (Lipinski definition) is 3. The Kier molecular flexibility index (Phi) is 5.84. The molecule has 0 heterocycles. The van der Waals surface area contributed by atoms with Crippen molar-refractivity contribution < 1.29 is 9.72 Å². The summed E-state index contributed by atoms with van der Waals surface area (Å²) >= 11 is 0. The number of hydrogen-bond donors (Lipinski definition) is 0. The van der Waals surface area contributed by atoms with Gasteiger partial charge in [-0.25, -0.2) is 0 Å². The highest BCUT2D eigenvalue weighted by atomic mass is 16.6. The monoisotopic (exact) mass is 324 g/mol. The molecule has 0 saturated carbocycles. The number of anilines is 1. The normalized spacial score (nSPS) is 10.8. The van der Waals surface area contributed by atoms with Crippen molar-refractivity contribution >= 4 is 23.4 Å². The van der Waals surface area contributed by atoms with Crippen LogP contribution < -0.4 is 4.90 Å². The lowest BCUT2D eigenvalue weighted by atomic mass is 10.1. The van der Waals surface area contributed by atoms with E-state index in [9.17, 15) is 14.9 Å². The molecule has 0 saturated heterocycles. The second kappa shape index (κ2) is 8.06. The molecule has 0 aliphatic rings. The molecule has 2 aromatic rings. The second-order valence-corrected chi connectivity index (χ2v) is 5.51. The molecule has 0 unspecified atom stereocenters. The molecule has 24 heavy (non-hydrogen) atoms. The molecule has 0 spiro atoms. The summed E-state index contributed by atoms with van der Waals surface area (Å²) in [6, 6.07) is 13.9. The maximum Gasteiger partial charge on any atom is 0.269 e. The Morgan fingerprint density at radius 2 is 1.92 bits per heavy atom. The summed E-state index contributed by atoms with van der Waals surface area (Å²) in [7, 11) is 0. The summed E-state index contributed by atoms with van der Waals surface area (Å²) in [4.78, 5) is 24.5. The fourth-order valence-corrected chi connectivity index (χ4v) is 2.35. The van der Waals surface area contributed by atoms with E-state index in [1.165, 1.54) is 18.2 Å². The van der Waals surface area contributed by atoms with Gasteiger partial charge >= 0.3 is 0 Å². The molecule has 0 atom stereocenters. The minimum absolute atomic E-state index is 0.0332. The van der Waals surface area contributed by atoms with Gasteiger partial charge in [0.1, 0.15) is 0 Å². The van der Waals surface area contributed by atoms with E-state index in [4.69, 9.17) is 0 Å². The first-order valence-corrected chi connectivity index (χ1v) is 7.82. The van der Waals surface area contributed by atoms with Gasteiger partial charge in [-0.1, -0.05) is 19.1 Å². The summed E-state index contributed by atoms with van der Waals surface area (Å²) < 4.78 is 0. The lowest BCUT2D eigenvalue weighted by molar-refractivity contribution is -0.384. The van der Waals surface area contributed by atoms with Crippen molar-refractivity contribution in [2.24, 2.45) is 0 Å². The maximum absolute atomic E-state index is 12.5. The maximum atomic E-state index is 12.5. The van der Waals surface area contributed by atoms with E-state index in [2.05, 4.69) is 0 Å². The molecule has 1 amide bonds. The molecule has 5 nitrogen and oxygen atoms in total. The van der Waals surface area contributed by atoms with Crippen molar-refractivity contribution in [1.29, 1.82) is 0 Å². The van der Waals surface area contributed by atoms with Crippen LogP contribution in [0.1, 0.15) is 24.5 Å². The van der Waals surface area contributed by atoms with Crippen LogP contribution in [0.4, 0.5) is 11.4 Å². The average molecular weight is 324 g/mol. The third kappa shape index (κ3) is 4.52. The third-order valence-corrected chi connectivity index (χ3v) is 3.55. The quantitative estimate of drug-likeness (QED) is 0.450. The van der Waals surface area contributed by atoms with Crippen molar-refractivity contribution in [1.82, 2.24) is 0 Å². The topological polar surface area (TPSA) is 63.5 Å². The number of rotatable bonds is 6. The van der Waals surface area contributed by atoms with Gasteiger partial charge < -0.3 is 4.90 Å². The zero-order valence-electron chi connectivity index (χ0n) is 13.8. The zero-order chi connectivity index (χ0) is 17.5. The summed E-state index contributed by atoms with van der Waals surface area (Å²) in [5.74, 6) is -0.110. The van der Waals surface area contributed by atoms with Crippen molar-refractivity contribution in [2.45, 2.75) is 20.3 Å². The lowest BCUT2D eigenvalue weighted by Crippen LogP contribution is -2.30. The van der Waals surface area contributed by atoms with Gasteiger partial charge in [-0.2, -0.15) is 0 Å². The van der Waals surface area contributed by atoms with Crippen LogP contribution >= 0.6 is 0 Å². The van der Waals surface area contributed by atoms with Crippen LogP contribution in [0.2, 0.25) is 0 Å². The SMILES string of the molecule is CCCN(C(=O)/C=C/c1ccc([N+](=O)[O-])cc1)c1cccc(C)c1. The predicted molar refractivity (Wildman–Crippen MR) is 96.0 cm³/mol. The van der Waals surface area contributed by atoms with Crippen LogP contribution in [0.5, 0.6) is 0 Å². The zero-order valence-corrected chi connectivity index (χ0v) is 13.8. The van der Waals surface area contributed by atoms with Gasteiger partial charge in [0.15, 0.2) is 0 Å².